The molecule has 0 aliphatic rings. The predicted octanol–water partition coefficient (Wildman–Crippen LogP) is 4.19. The largest absolute Gasteiger partial charge is 0.324 e. The molecule has 0 fully saturated rings. The SMILES string of the molecule is CSc1nnc(Sc2ccc(C(C)N)c(Br)c2)s1. The van der Waals surface area contributed by atoms with Crippen molar-refractivity contribution in [3.8, 4) is 0 Å². The summed E-state index contributed by atoms with van der Waals surface area (Å²) in [5, 5.41) is 8.22. The summed E-state index contributed by atoms with van der Waals surface area (Å²) in [5.74, 6) is 0. The number of nitrogens with zero attached hydrogens (tertiary/aromatic N) is 2. The lowest BCUT2D eigenvalue weighted by Gasteiger charge is -2.09. The molecule has 0 aliphatic carbocycles. The van der Waals surface area contributed by atoms with Crippen LogP contribution in [-0.2, 0) is 0 Å². The highest BCUT2D eigenvalue weighted by Crippen LogP contribution is 2.35. The van der Waals surface area contributed by atoms with E-state index in [0.717, 1.165) is 23.6 Å². The van der Waals surface area contributed by atoms with Gasteiger partial charge >= 0.3 is 0 Å². The Morgan fingerprint density at radius 3 is 2.61 bits per heavy atom. The first kappa shape index (κ1) is 14.3. The molecular weight excluding hydrogens is 350 g/mol. The third-order valence-electron chi connectivity index (χ3n) is 2.23. The zero-order valence-corrected chi connectivity index (χ0v) is 13.9. The Morgan fingerprint density at radius 2 is 2.06 bits per heavy atom. The standard InChI is InChI=1S/C11H12BrN3S3/c1-6(13)8-4-3-7(5-9(8)12)17-11-15-14-10(16-2)18-11/h3-6H,13H2,1-2H3. The van der Waals surface area contributed by atoms with Crippen molar-refractivity contribution in [3.05, 3.63) is 28.2 Å². The first-order valence-corrected chi connectivity index (χ1v) is 8.85. The maximum Gasteiger partial charge on any atom is 0.179 e. The summed E-state index contributed by atoms with van der Waals surface area (Å²) >= 11 is 8.39. The van der Waals surface area contributed by atoms with Crippen LogP contribution < -0.4 is 5.73 Å². The summed E-state index contributed by atoms with van der Waals surface area (Å²) in [4.78, 5) is 1.13. The van der Waals surface area contributed by atoms with Crippen LogP contribution in [0.2, 0.25) is 0 Å². The van der Waals surface area contributed by atoms with Crippen LogP contribution in [0.1, 0.15) is 18.5 Å². The molecule has 3 nitrogen and oxygen atoms in total. The van der Waals surface area contributed by atoms with Crippen molar-refractivity contribution in [3.63, 3.8) is 0 Å². The van der Waals surface area contributed by atoms with E-state index in [1.807, 2.05) is 19.2 Å². The number of nitrogens with two attached hydrogens (primary N) is 1. The van der Waals surface area contributed by atoms with E-state index in [-0.39, 0.29) is 6.04 Å². The van der Waals surface area contributed by atoms with E-state index >= 15 is 0 Å². The van der Waals surface area contributed by atoms with Crippen molar-refractivity contribution in [2.45, 2.75) is 26.5 Å². The maximum absolute atomic E-state index is 5.88. The molecule has 0 saturated carbocycles. The fraction of sp³-hybridized carbons (Fsp3) is 0.273. The van der Waals surface area contributed by atoms with E-state index in [0.29, 0.717) is 0 Å². The molecule has 0 radical (unpaired) electrons. The highest BCUT2D eigenvalue weighted by molar-refractivity contribution is 9.10. The molecule has 0 bridgehead atoms. The molecule has 2 N–H and O–H groups in total. The molecule has 0 aliphatic heterocycles. The molecular formula is C11H12BrN3S3. The Labute approximate surface area is 127 Å². The Balaban J connectivity index is 2.17. The van der Waals surface area contributed by atoms with E-state index < -0.39 is 0 Å². The minimum atomic E-state index is 0.0306. The van der Waals surface area contributed by atoms with Crippen LogP contribution >= 0.6 is 50.8 Å². The van der Waals surface area contributed by atoms with Gasteiger partial charge in [-0.3, -0.25) is 0 Å². The molecule has 0 spiro atoms. The Morgan fingerprint density at radius 1 is 1.33 bits per heavy atom. The van der Waals surface area contributed by atoms with Crippen LogP contribution in [0.25, 0.3) is 0 Å². The summed E-state index contributed by atoms with van der Waals surface area (Å²) in [7, 11) is 0. The van der Waals surface area contributed by atoms with Crippen LogP contribution in [0.3, 0.4) is 0 Å². The van der Waals surface area contributed by atoms with Gasteiger partial charge in [0.2, 0.25) is 0 Å². The van der Waals surface area contributed by atoms with Crippen molar-refractivity contribution < 1.29 is 0 Å². The minimum Gasteiger partial charge on any atom is -0.324 e. The number of thioether (sulfide) groups is 1. The molecule has 96 valence electrons. The first-order valence-electron chi connectivity index (χ1n) is 5.20. The maximum atomic E-state index is 5.88. The summed E-state index contributed by atoms with van der Waals surface area (Å²) < 4.78 is 2.99. The molecule has 18 heavy (non-hydrogen) atoms. The summed E-state index contributed by atoms with van der Waals surface area (Å²) in [5.41, 5.74) is 6.99. The van der Waals surface area contributed by atoms with Gasteiger partial charge in [0.15, 0.2) is 8.68 Å². The summed E-state index contributed by atoms with van der Waals surface area (Å²) in [6.45, 7) is 1.97. The van der Waals surface area contributed by atoms with Crippen molar-refractivity contribution in [1.29, 1.82) is 0 Å². The number of benzene rings is 1. The average molecular weight is 362 g/mol. The smallest absolute Gasteiger partial charge is 0.179 e. The zero-order chi connectivity index (χ0) is 13.1. The van der Waals surface area contributed by atoms with Gasteiger partial charge < -0.3 is 5.73 Å². The molecule has 1 heterocycles. The molecule has 1 aromatic heterocycles. The van der Waals surface area contributed by atoms with Crippen molar-refractivity contribution >= 4 is 50.8 Å². The number of halogens is 1. The highest BCUT2D eigenvalue weighted by atomic mass is 79.9. The van der Waals surface area contributed by atoms with Gasteiger partial charge in [-0.1, -0.05) is 56.9 Å². The fourth-order valence-corrected chi connectivity index (χ4v) is 4.71. The third kappa shape index (κ3) is 3.48. The second-order valence-corrected chi connectivity index (χ2v) is 7.82. The number of hydrogen-bond donors (Lipinski definition) is 1. The van der Waals surface area contributed by atoms with E-state index in [4.69, 9.17) is 5.73 Å². The van der Waals surface area contributed by atoms with E-state index in [9.17, 15) is 0 Å². The fourth-order valence-electron chi connectivity index (χ4n) is 1.36. The Hall–Kier alpha value is -0.0800. The van der Waals surface area contributed by atoms with Crippen LogP contribution in [0.4, 0.5) is 0 Å². The van der Waals surface area contributed by atoms with Gasteiger partial charge in [0, 0.05) is 15.4 Å². The van der Waals surface area contributed by atoms with E-state index in [1.54, 1.807) is 34.9 Å². The normalized spacial score (nSPS) is 12.7. The van der Waals surface area contributed by atoms with Crippen molar-refractivity contribution in [2.24, 2.45) is 5.73 Å². The topological polar surface area (TPSA) is 51.8 Å². The Bertz CT molecular complexity index is 542. The van der Waals surface area contributed by atoms with Gasteiger partial charge in [-0.15, -0.1) is 10.2 Å². The van der Waals surface area contributed by atoms with Gasteiger partial charge in [0.1, 0.15) is 0 Å². The minimum absolute atomic E-state index is 0.0306. The molecule has 1 atom stereocenters. The number of rotatable bonds is 4. The predicted molar refractivity (Wildman–Crippen MR) is 82.6 cm³/mol. The molecule has 1 unspecified atom stereocenters. The van der Waals surface area contributed by atoms with Gasteiger partial charge in [0.25, 0.3) is 0 Å². The first-order chi connectivity index (χ1) is 8.60. The highest BCUT2D eigenvalue weighted by Gasteiger charge is 2.09. The molecule has 2 aromatic rings. The van der Waals surface area contributed by atoms with Crippen molar-refractivity contribution in [2.75, 3.05) is 6.26 Å². The van der Waals surface area contributed by atoms with Crippen LogP contribution in [0.15, 0.2) is 36.2 Å². The summed E-state index contributed by atoms with van der Waals surface area (Å²) in [6, 6.07) is 6.22. The summed E-state index contributed by atoms with van der Waals surface area (Å²) in [6.07, 6.45) is 2.00. The molecule has 1 aromatic carbocycles. The van der Waals surface area contributed by atoms with Gasteiger partial charge in [0.05, 0.1) is 0 Å². The lowest BCUT2D eigenvalue weighted by atomic mass is 10.1. The quantitative estimate of drug-likeness (QED) is 0.827. The molecule has 0 saturated heterocycles. The third-order valence-corrected chi connectivity index (χ3v) is 5.86. The second-order valence-electron chi connectivity index (χ2n) is 3.61. The van der Waals surface area contributed by atoms with Gasteiger partial charge in [-0.2, -0.15) is 0 Å². The van der Waals surface area contributed by atoms with Gasteiger partial charge in [-0.25, -0.2) is 0 Å². The van der Waals surface area contributed by atoms with Crippen molar-refractivity contribution in [1.82, 2.24) is 10.2 Å². The molecule has 7 heteroatoms. The van der Waals surface area contributed by atoms with Crippen LogP contribution in [-0.4, -0.2) is 16.5 Å². The lowest BCUT2D eigenvalue weighted by molar-refractivity contribution is 0.811. The average Bonchev–Trinajstić information content (AvgIpc) is 2.76. The van der Waals surface area contributed by atoms with Crippen LogP contribution in [0.5, 0.6) is 0 Å². The molecule has 2 rings (SSSR count). The van der Waals surface area contributed by atoms with E-state index in [1.165, 1.54) is 0 Å². The molecule has 0 amide bonds. The number of aromatic nitrogens is 2. The van der Waals surface area contributed by atoms with Gasteiger partial charge in [-0.05, 0) is 30.9 Å². The zero-order valence-electron chi connectivity index (χ0n) is 9.88. The lowest BCUT2D eigenvalue weighted by Crippen LogP contribution is -2.05. The number of hydrogen-bond acceptors (Lipinski definition) is 6. The Kier molecular flexibility index (Phi) is 5.08. The monoisotopic (exact) mass is 361 g/mol. The van der Waals surface area contributed by atoms with Crippen LogP contribution in [0, 0.1) is 0 Å². The van der Waals surface area contributed by atoms with E-state index in [2.05, 4.69) is 38.3 Å². The second kappa shape index (κ2) is 6.38.